The average molecular weight is 690 g/mol. The van der Waals surface area contributed by atoms with Crippen molar-refractivity contribution in [2.75, 3.05) is 0 Å². The van der Waals surface area contributed by atoms with Gasteiger partial charge in [-0.25, -0.2) is 0 Å². The molecular weight excluding hydrogens is 641 g/mol. The first-order chi connectivity index (χ1) is 25.7. The van der Waals surface area contributed by atoms with Crippen LogP contribution in [0.1, 0.15) is 73.8 Å². The lowest BCUT2D eigenvalue weighted by Gasteiger charge is -2.40. The lowest BCUT2D eigenvalue weighted by atomic mass is 9.69. The summed E-state index contributed by atoms with van der Waals surface area (Å²) in [5.74, 6) is 0.430. The van der Waals surface area contributed by atoms with Crippen LogP contribution in [0.3, 0.4) is 0 Å². The number of aromatic nitrogens is 2. The molecule has 53 heavy (non-hydrogen) atoms. The molecule has 2 nitrogen and oxygen atoms in total. The van der Waals surface area contributed by atoms with Gasteiger partial charge in [0.05, 0.1) is 22.0 Å². The fourth-order valence-electron chi connectivity index (χ4n) is 10.1. The van der Waals surface area contributed by atoms with Gasteiger partial charge < -0.3 is 4.57 Å². The van der Waals surface area contributed by atoms with Crippen molar-refractivity contribution in [3.8, 4) is 39.2 Å². The molecule has 0 spiro atoms. The summed E-state index contributed by atoms with van der Waals surface area (Å²) in [6.07, 6.45) is 5.67. The molecule has 9 rings (SSSR count). The Balaban J connectivity index is 1.33. The Morgan fingerprint density at radius 3 is 1.66 bits per heavy atom. The Morgan fingerprint density at radius 1 is 0.547 bits per heavy atom. The number of benzene rings is 6. The van der Waals surface area contributed by atoms with E-state index >= 15 is 0 Å². The van der Waals surface area contributed by atoms with E-state index in [1.54, 1.807) is 0 Å². The predicted molar refractivity (Wildman–Crippen MR) is 225 cm³/mol. The first-order valence-electron chi connectivity index (χ1n) is 19.6. The summed E-state index contributed by atoms with van der Waals surface area (Å²) in [5, 5.41) is 5.18. The highest BCUT2D eigenvalue weighted by atomic mass is 15.1. The monoisotopic (exact) mass is 689 g/mol. The van der Waals surface area contributed by atoms with Crippen molar-refractivity contribution in [1.82, 2.24) is 4.57 Å². The minimum absolute atomic E-state index is 0.0323. The molecule has 0 fully saturated rings. The van der Waals surface area contributed by atoms with Crippen LogP contribution in [0.2, 0.25) is 0 Å². The van der Waals surface area contributed by atoms with Gasteiger partial charge >= 0.3 is 0 Å². The maximum Gasteiger partial charge on any atom is 0.221 e. The van der Waals surface area contributed by atoms with Crippen LogP contribution in [0, 0.1) is 27.7 Å². The quantitative estimate of drug-likeness (QED) is 0.154. The minimum Gasteiger partial charge on any atom is -0.309 e. The summed E-state index contributed by atoms with van der Waals surface area (Å²) in [6.45, 7) is 15.9. The zero-order chi connectivity index (χ0) is 36.6. The molecule has 1 aliphatic heterocycles. The van der Waals surface area contributed by atoms with Gasteiger partial charge in [0, 0.05) is 41.3 Å². The number of hydrogen-bond acceptors (Lipinski definition) is 0. The molecule has 0 amide bonds. The molecule has 1 atom stereocenters. The van der Waals surface area contributed by atoms with Gasteiger partial charge in [-0.1, -0.05) is 116 Å². The SMILES string of the molecule is CCC1c2ccc(-n3c4ccc(-c5cc(C)cc(C)c5)cc4c4cc(-c5cc(C)cc(C)c5)ccc43)cc2-c2c3ccccc3cc[n+]2C1(CC)CC. The lowest BCUT2D eigenvalue weighted by Crippen LogP contribution is -2.62. The second-order valence-electron chi connectivity index (χ2n) is 15.7. The number of nitrogens with zero attached hydrogens (tertiary/aromatic N) is 2. The third-order valence-electron chi connectivity index (χ3n) is 12.4. The standard InChI is InChI=1S/C51H49N2/c1-8-47-43-18-17-41(31-46(43)50-42-14-12-11-13-36(42)21-22-52(50)51(47,9-2)10-3)53-48-19-15-37(39-25-32(4)23-33(5)26-39)29-44(48)45-30-38(16-20-49(45)53)40-27-34(6)24-35(7)28-40/h11-31,47H,8-10H2,1-7H3/q+1. The molecule has 0 saturated heterocycles. The lowest BCUT2D eigenvalue weighted by molar-refractivity contribution is -0.761. The largest absolute Gasteiger partial charge is 0.309 e. The third kappa shape index (κ3) is 5.17. The van der Waals surface area contributed by atoms with E-state index in [1.165, 1.54) is 99.6 Å². The van der Waals surface area contributed by atoms with Crippen molar-refractivity contribution >= 4 is 32.6 Å². The van der Waals surface area contributed by atoms with Crippen LogP contribution in [0.25, 0.3) is 71.8 Å². The maximum atomic E-state index is 2.66. The van der Waals surface area contributed by atoms with Gasteiger partial charge in [0.15, 0.2) is 11.7 Å². The Kier molecular flexibility index (Phi) is 7.93. The zero-order valence-electron chi connectivity index (χ0n) is 32.2. The molecular formula is C51H49N2+. The Hall–Kier alpha value is -5.47. The summed E-state index contributed by atoms with van der Waals surface area (Å²) in [5.41, 5.74) is 18.1. The Labute approximate surface area is 314 Å². The van der Waals surface area contributed by atoms with E-state index in [2.05, 4.69) is 185 Å². The highest BCUT2D eigenvalue weighted by molar-refractivity contribution is 6.12. The number of fused-ring (bicyclic) bond motifs is 8. The highest BCUT2D eigenvalue weighted by Crippen LogP contribution is 2.49. The number of aryl methyl sites for hydroxylation is 4. The van der Waals surface area contributed by atoms with E-state index in [9.17, 15) is 0 Å². The van der Waals surface area contributed by atoms with Crippen molar-refractivity contribution < 1.29 is 4.57 Å². The molecule has 2 aromatic heterocycles. The first-order valence-corrected chi connectivity index (χ1v) is 19.6. The maximum absolute atomic E-state index is 2.66. The molecule has 0 saturated carbocycles. The molecule has 8 aromatic rings. The first kappa shape index (κ1) is 33.4. The Morgan fingerprint density at radius 2 is 1.11 bits per heavy atom. The third-order valence-corrected chi connectivity index (χ3v) is 12.4. The number of hydrogen-bond donors (Lipinski definition) is 0. The second-order valence-corrected chi connectivity index (χ2v) is 15.7. The van der Waals surface area contributed by atoms with Crippen molar-refractivity contribution in [1.29, 1.82) is 0 Å². The van der Waals surface area contributed by atoms with Crippen molar-refractivity contribution in [3.63, 3.8) is 0 Å². The Bertz CT molecular complexity index is 2590. The van der Waals surface area contributed by atoms with Crippen LogP contribution in [0.15, 0.2) is 128 Å². The summed E-state index contributed by atoms with van der Waals surface area (Å²) < 4.78 is 5.17. The van der Waals surface area contributed by atoms with Gasteiger partial charge in [0.1, 0.15) is 0 Å². The summed E-state index contributed by atoms with van der Waals surface area (Å²) in [4.78, 5) is 0. The van der Waals surface area contributed by atoms with E-state index in [0.717, 1.165) is 19.3 Å². The van der Waals surface area contributed by atoms with Crippen LogP contribution < -0.4 is 4.57 Å². The highest BCUT2D eigenvalue weighted by Gasteiger charge is 2.51. The molecule has 6 aromatic carbocycles. The van der Waals surface area contributed by atoms with E-state index in [0.29, 0.717) is 5.92 Å². The van der Waals surface area contributed by atoms with Gasteiger partial charge in [-0.3, -0.25) is 0 Å². The van der Waals surface area contributed by atoms with Crippen LogP contribution in [-0.2, 0) is 5.54 Å². The van der Waals surface area contributed by atoms with Crippen LogP contribution in [0.4, 0.5) is 0 Å². The van der Waals surface area contributed by atoms with Gasteiger partial charge in [-0.05, 0) is 110 Å². The smallest absolute Gasteiger partial charge is 0.221 e. The van der Waals surface area contributed by atoms with Crippen molar-refractivity contribution in [3.05, 3.63) is 155 Å². The number of pyridine rings is 1. The van der Waals surface area contributed by atoms with E-state index in [1.807, 2.05) is 0 Å². The minimum atomic E-state index is 0.0323. The van der Waals surface area contributed by atoms with Gasteiger partial charge in [0.2, 0.25) is 5.69 Å². The van der Waals surface area contributed by atoms with Gasteiger partial charge in [-0.2, -0.15) is 4.57 Å². The van der Waals surface area contributed by atoms with Crippen molar-refractivity contribution in [2.45, 2.75) is 79.2 Å². The molecule has 0 aliphatic carbocycles. The van der Waals surface area contributed by atoms with Crippen LogP contribution in [-0.4, -0.2) is 4.57 Å². The second kappa shape index (κ2) is 12.6. The normalized spacial score (nSPS) is 14.9. The van der Waals surface area contributed by atoms with E-state index < -0.39 is 0 Å². The summed E-state index contributed by atoms with van der Waals surface area (Å²) in [7, 11) is 0. The molecule has 0 bridgehead atoms. The van der Waals surface area contributed by atoms with E-state index in [-0.39, 0.29) is 5.54 Å². The zero-order valence-corrected chi connectivity index (χ0v) is 32.2. The molecule has 262 valence electrons. The van der Waals surface area contributed by atoms with Crippen molar-refractivity contribution in [2.24, 2.45) is 0 Å². The molecule has 1 unspecified atom stereocenters. The van der Waals surface area contributed by atoms with Gasteiger partial charge in [-0.15, -0.1) is 0 Å². The molecule has 2 heteroatoms. The van der Waals surface area contributed by atoms with E-state index in [4.69, 9.17) is 0 Å². The molecule has 0 radical (unpaired) electrons. The molecule has 0 N–H and O–H groups in total. The topological polar surface area (TPSA) is 8.81 Å². The predicted octanol–water partition coefficient (Wildman–Crippen LogP) is 13.5. The summed E-state index contributed by atoms with van der Waals surface area (Å²) >= 11 is 0. The molecule has 1 aliphatic rings. The van der Waals surface area contributed by atoms with Crippen LogP contribution >= 0.6 is 0 Å². The summed E-state index contributed by atoms with van der Waals surface area (Å²) in [6, 6.07) is 46.6. The van der Waals surface area contributed by atoms with Gasteiger partial charge in [0.25, 0.3) is 0 Å². The number of rotatable bonds is 6. The fourth-order valence-corrected chi connectivity index (χ4v) is 10.1. The average Bonchev–Trinajstić information content (AvgIpc) is 3.49. The van der Waals surface area contributed by atoms with Crippen LogP contribution in [0.5, 0.6) is 0 Å². The molecule has 3 heterocycles. The fraction of sp³-hybridized carbons (Fsp3) is 0.235.